The van der Waals surface area contributed by atoms with Crippen molar-refractivity contribution in [2.24, 2.45) is 0 Å². The normalized spacial score (nSPS) is 19.4. The zero-order valence-corrected chi connectivity index (χ0v) is 10.8. The van der Waals surface area contributed by atoms with E-state index in [9.17, 15) is 8.42 Å². The number of anilines is 1. The summed E-state index contributed by atoms with van der Waals surface area (Å²) in [5, 5.41) is 12.0. The molecule has 1 aromatic carbocycles. The highest BCUT2D eigenvalue weighted by Gasteiger charge is 2.30. The van der Waals surface area contributed by atoms with Gasteiger partial charge in [0, 0.05) is 6.20 Å². The third-order valence-electron chi connectivity index (χ3n) is 3.15. The number of nitriles is 1. The van der Waals surface area contributed by atoms with E-state index in [1.807, 2.05) is 0 Å². The van der Waals surface area contributed by atoms with E-state index in [0.29, 0.717) is 11.4 Å². The number of aromatic nitrogens is 1. The second-order valence-corrected chi connectivity index (χ2v) is 6.07. The fourth-order valence-electron chi connectivity index (χ4n) is 2.29. The Morgan fingerprint density at radius 2 is 2.05 bits per heavy atom. The number of benzene rings is 1. The fourth-order valence-corrected chi connectivity index (χ4v) is 3.86. The second-order valence-electron chi connectivity index (χ2n) is 4.29. The standard InChI is InChI=1S/C13H11N3O2S/c14-8-7-10-12-5-3-9-16(12)19(17,18)13-6-2-1-4-11(13)15-10/h1-6,9-10,15H,7H2. The van der Waals surface area contributed by atoms with E-state index >= 15 is 0 Å². The van der Waals surface area contributed by atoms with E-state index in [2.05, 4.69) is 11.4 Å². The van der Waals surface area contributed by atoms with Crippen molar-refractivity contribution in [3.05, 3.63) is 48.3 Å². The van der Waals surface area contributed by atoms with Crippen molar-refractivity contribution in [1.29, 1.82) is 5.26 Å². The molecule has 0 amide bonds. The lowest BCUT2D eigenvalue weighted by atomic mass is 10.1. The third-order valence-corrected chi connectivity index (χ3v) is 4.91. The summed E-state index contributed by atoms with van der Waals surface area (Å²) in [5.41, 5.74) is 1.12. The van der Waals surface area contributed by atoms with Gasteiger partial charge in [-0.1, -0.05) is 12.1 Å². The highest BCUT2D eigenvalue weighted by atomic mass is 32.2. The zero-order valence-electron chi connectivity index (χ0n) is 9.95. The molecule has 1 aromatic heterocycles. The van der Waals surface area contributed by atoms with Crippen molar-refractivity contribution >= 4 is 15.7 Å². The largest absolute Gasteiger partial charge is 0.375 e. The lowest BCUT2D eigenvalue weighted by Gasteiger charge is -2.14. The lowest BCUT2D eigenvalue weighted by Crippen LogP contribution is -2.15. The van der Waals surface area contributed by atoms with Gasteiger partial charge in [-0.25, -0.2) is 12.4 Å². The van der Waals surface area contributed by atoms with E-state index in [0.717, 1.165) is 0 Å². The molecular formula is C13H11N3O2S. The Labute approximate surface area is 111 Å². The molecule has 0 spiro atoms. The summed E-state index contributed by atoms with van der Waals surface area (Å²) in [5.74, 6) is 0. The predicted octanol–water partition coefficient (Wildman–Crippen LogP) is 2.11. The number of hydrogen-bond donors (Lipinski definition) is 1. The summed E-state index contributed by atoms with van der Waals surface area (Å²) in [4.78, 5) is 0.230. The minimum atomic E-state index is -3.60. The molecule has 0 fully saturated rings. The van der Waals surface area contributed by atoms with E-state index < -0.39 is 10.0 Å². The molecule has 5 nitrogen and oxygen atoms in total. The summed E-state index contributed by atoms with van der Waals surface area (Å²) in [6.07, 6.45) is 1.71. The summed E-state index contributed by atoms with van der Waals surface area (Å²) in [7, 11) is -3.60. The Kier molecular flexibility index (Phi) is 2.57. The minimum absolute atomic E-state index is 0.202. The van der Waals surface area contributed by atoms with Gasteiger partial charge in [0.05, 0.1) is 29.9 Å². The third kappa shape index (κ3) is 1.71. The van der Waals surface area contributed by atoms with Gasteiger partial charge in [0.1, 0.15) is 4.90 Å². The topological polar surface area (TPSA) is 74.9 Å². The van der Waals surface area contributed by atoms with E-state index in [-0.39, 0.29) is 17.4 Å². The molecule has 19 heavy (non-hydrogen) atoms. The van der Waals surface area contributed by atoms with Crippen molar-refractivity contribution in [3.63, 3.8) is 0 Å². The summed E-state index contributed by atoms with van der Waals surface area (Å²) < 4.78 is 26.4. The van der Waals surface area contributed by atoms with E-state index in [1.54, 1.807) is 36.4 Å². The molecule has 0 aliphatic carbocycles. The van der Waals surface area contributed by atoms with Crippen molar-refractivity contribution in [3.8, 4) is 6.07 Å². The van der Waals surface area contributed by atoms with Crippen LogP contribution in [0.1, 0.15) is 18.2 Å². The first-order valence-corrected chi connectivity index (χ1v) is 7.24. The first-order chi connectivity index (χ1) is 9.14. The molecular weight excluding hydrogens is 262 g/mol. The number of nitrogens with zero attached hydrogens (tertiary/aromatic N) is 2. The first kappa shape index (κ1) is 11.8. The Bertz CT molecular complexity index is 771. The number of rotatable bonds is 1. The van der Waals surface area contributed by atoms with Crippen LogP contribution in [0.25, 0.3) is 0 Å². The van der Waals surface area contributed by atoms with Crippen LogP contribution in [0, 0.1) is 11.3 Å². The summed E-state index contributed by atoms with van der Waals surface area (Å²) in [6.45, 7) is 0. The SMILES string of the molecule is N#CCC1Nc2ccccc2S(=O)(=O)n2cccc21. The molecule has 2 heterocycles. The smallest absolute Gasteiger partial charge is 0.269 e. The molecule has 1 N–H and O–H groups in total. The van der Waals surface area contributed by atoms with Crippen molar-refractivity contribution < 1.29 is 8.42 Å². The van der Waals surface area contributed by atoms with Crippen LogP contribution in [-0.4, -0.2) is 12.4 Å². The van der Waals surface area contributed by atoms with E-state index in [1.165, 1.54) is 10.2 Å². The van der Waals surface area contributed by atoms with Gasteiger partial charge in [0.15, 0.2) is 0 Å². The number of para-hydroxylation sites is 1. The van der Waals surface area contributed by atoms with Gasteiger partial charge < -0.3 is 5.32 Å². The van der Waals surface area contributed by atoms with Gasteiger partial charge >= 0.3 is 0 Å². The summed E-state index contributed by atoms with van der Waals surface area (Å²) in [6, 6.07) is 11.9. The first-order valence-electron chi connectivity index (χ1n) is 5.80. The maximum atomic E-state index is 12.6. The molecule has 1 unspecified atom stereocenters. The Morgan fingerprint density at radius 1 is 1.26 bits per heavy atom. The minimum Gasteiger partial charge on any atom is -0.375 e. The molecule has 96 valence electrons. The Hall–Kier alpha value is -2.26. The van der Waals surface area contributed by atoms with Gasteiger partial charge in [-0.2, -0.15) is 5.26 Å². The average Bonchev–Trinajstić information content (AvgIpc) is 2.85. The number of nitrogens with one attached hydrogen (secondary N) is 1. The number of fused-ring (bicyclic) bond motifs is 2. The molecule has 0 saturated heterocycles. The van der Waals surface area contributed by atoms with Gasteiger partial charge in [-0.3, -0.25) is 0 Å². The molecule has 0 radical (unpaired) electrons. The van der Waals surface area contributed by atoms with Crippen molar-refractivity contribution in [2.75, 3.05) is 5.32 Å². The van der Waals surface area contributed by atoms with Crippen LogP contribution in [0.2, 0.25) is 0 Å². The van der Waals surface area contributed by atoms with Gasteiger partial charge in [0.25, 0.3) is 10.0 Å². The van der Waals surface area contributed by atoms with Gasteiger partial charge in [-0.15, -0.1) is 0 Å². The zero-order chi connectivity index (χ0) is 13.5. The van der Waals surface area contributed by atoms with Crippen LogP contribution in [0.4, 0.5) is 5.69 Å². The van der Waals surface area contributed by atoms with Crippen LogP contribution < -0.4 is 5.32 Å². The maximum Gasteiger partial charge on any atom is 0.269 e. The average molecular weight is 273 g/mol. The van der Waals surface area contributed by atoms with Crippen LogP contribution >= 0.6 is 0 Å². The monoisotopic (exact) mass is 273 g/mol. The van der Waals surface area contributed by atoms with Crippen LogP contribution in [0.5, 0.6) is 0 Å². The molecule has 0 bridgehead atoms. The number of hydrogen-bond acceptors (Lipinski definition) is 4. The Balaban J connectivity index is 2.30. The van der Waals surface area contributed by atoms with Crippen LogP contribution in [0.15, 0.2) is 47.5 Å². The van der Waals surface area contributed by atoms with Crippen LogP contribution in [0.3, 0.4) is 0 Å². The highest BCUT2D eigenvalue weighted by Crippen LogP contribution is 2.34. The van der Waals surface area contributed by atoms with Gasteiger partial charge in [0.2, 0.25) is 0 Å². The lowest BCUT2D eigenvalue weighted by molar-refractivity contribution is 0.585. The summed E-state index contributed by atoms with van der Waals surface area (Å²) >= 11 is 0. The van der Waals surface area contributed by atoms with Gasteiger partial charge in [-0.05, 0) is 24.3 Å². The predicted molar refractivity (Wildman–Crippen MR) is 70.1 cm³/mol. The van der Waals surface area contributed by atoms with Crippen LogP contribution in [-0.2, 0) is 10.0 Å². The highest BCUT2D eigenvalue weighted by molar-refractivity contribution is 7.90. The van der Waals surface area contributed by atoms with Crippen molar-refractivity contribution in [1.82, 2.24) is 3.97 Å². The quantitative estimate of drug-likeness (QED) is 0.863. The van der Waals surface area contributed by atoms with E-state index in [4.69, 9.17) is 5.26 Å². The second kappa shape index (κ2) is 4.14. The molecule has 1 aliphatic rings. The van der Waals surface area contributed by atoms with Crippen molar-refractivity contribution in [2.45, 2.75) is 17.4 Å². The molecule has 3 rings (SSSR count). The Morgan fingerprint density at radius 3 is 2.84 bits per heavy atom. The molecule has 1 aliphatic heterocycles. The molecule has 2 aromatic rings. The molecule has 1 atom stereocenters. The molecule has 6 heteroatoms. The molecule has 0 saturated carbocycles. The maximum absolute atomic E-state index is 12.6. The fraction of sp³-hybridized carbons (Fsp3) is 0.154.